The van der Waals surface area contributed by atoms with Crippen LogP contribution >= 0.6 is 0 Å². The lowest BCUT2D eigenvalue weighted by molar-refractivity contribution is 0.995. The van der Waals surface area contributed by atoms with E-state index in [1.807, 2.05) is 48.5 Å². The smallest absolute Gasteiger partial charge is 0.235 e. The molecule has 0 aliphatic heterocycles. The molecule has 10 rings (SSSR count). The molecular formula is C48H28N6. The molecule has 3 aromatic heterocycles. The molecule has 3 heterocycles. The predicted octanol–water partition coefficient (Wildman–Crippen LogP) is 11.4. The maximum absolute atomic E-state index is 10.0. The van der Waals surface area contributed by atoms with Gasteiger partial charge in [-0.25, -0.2) is 9.97 Å². The van der Waals surface area contributed by atoms with Crippen molar-refractivity contribution in [1.29, 1.82) is 10.5 Å². The summed E-state index contributed by atoms with van der Waals surface area (Å²) in [4.78, 5) is 10.5. The molecule has 0 saturated heterocycles. The first-order chi connectivity index (χ1) is 26.7. The van der Waals surface area contributed by atoms with E-state index in [0.717, 1.165) is 77.4 Å². The Labute approximate surface area is 310 Å². The molecule has 54 heavy (non-hydrogen) atoms. The standard InChI is InChI=1S/C48H28N6/c49-29-34-18-11-19-35(30-50)47(34)33-17-12-20-36(25-33)53-43-23-9-7-21-37(43)39-26-40-38-22-8-10-24-44(38)54(46(40)28-45(39)53)48-51-41(31-13-3-1-4-14-31)27-42(52-48)32-15-5-2-6-16-32/h1-28H. The Kier molecular flexibility index (Phi) is 7.15. The number of hydrogen-bond acceptors (Lipinski definition) is 4. The van der Waals surface area contributed by atoms with Crippen LogP contribution in [-0.2, 0) is 0 Å². The molecule has 6 nitrogen and oxygen atoms in total. The summed E-state index contributed by atoms with van der Waals surface area (Å²) >= 11 is 0. The third-order valence-corrected chi connectivity index (χ3v) is 10.2. The van der Waals surface area contributed by atoms with Gasteiger partial charge in [0.1, 0.15) is 0 Å². The van der Waals surface area contributed by atoms with Crippen LogP contribution in [0.25, 0.3) is 88.9 Å². The molecule has 250 valence electrons. The first-order valence-corrected chi connectivity index (χ1v) is 17.7. The summed E-state index contributed by atoms with van der Waals surface area (Å²) in [6.07, 6.45) is 0. The van der Waals surface area contributed by atoms with Crippen molar-refractivity contribution in [2.24, 2.45) is 0 Å². The second-order valence-corrected chi connectivity index (χ2v) is 13.3. The summed E-state index contributed by atoms with van der Waals surface area (Å²) in [7, 11) is 0. The molecule has 0 spiro atoms. The number of para-hydroxylation sites is 2. The molecule has 0 aliphatic rings. The number of benzene rings is 7. The molecule has 0 amide bonds. The van der Waals surface area contributed by atoms with Crippen LogP contribution in [0.5, 0.6) is 0 Å². The molecule has 7 aromatic carbocycles. The van der Waals surface area contributed by atoms with Crippen molar-refractivity contribution < 1.29 is 0 Å². The molecule has 0 aliphatic carbocycles. The number of fused-ring (bicyclic) bond motifs is 6. The van der Waals surface area contributed by atoms with E-state index in [9.17, 15) is 10.5 Å². The van der Waals surface area contributed by atoms with E-state index >= 15 is 0 Å². The average Bonchev–Trinajstić information content (AvgIpc) is 3.75. The van der Waals surface area contributed by atoms with Crippen LogP contribution in [0.2, 0.25) is 0 Å². The van der Waals surface area contributed by atoms with Crippen LogP contribution < -0.4 is 0 Å². The van der Waals surface area contributed by atoms with Gasteiger partial charge >= 0.3 is 0 Å². The van der Waals surface area contributed by atoms with Crippen LogP contribution in [-0.4, -0.2) is 19.1 Å². The molecule has 10 aromatic rings. The lowest BCUT2D eigenvalue weighted by Crippen LogP contribution is -2.04. The zero-order valence-corrected chi connectivity index (χ0v) is 28.8. The molecular weight excluding hydrogens is 661 g/mol. The van der Waals surface area contributed by atoms with E-state index in [0.29, 0.717) is 22.6 Å². The molecule has 0 fully saturated rings. The first kappa shape index (κ1) is 31.0. The fourth-order valence-corrected chi connectivity index (χ4v) is 7.82. The van der Waals surface area contributed by atoms with E-state index in [1.54, 1.807) is 18.2 Å². The zero-order chi connectivity index (χ0) is 36.2. The minimum absolute atomic E-state index is 0.465. The van der Waals surface area contributed by atoms with E-state index in [1.165, 1.54) is 0 Å². The lowest BCUT2D eigenvalue weighted by Gasteiger charge is -2.13. The fourth-order valence-electron chi connectivity index (χ4n) is 7.82. The predicted molar refractivity (Wildman–Crippen MR) is 216 cm³/mol. The van der Waals surface area contributed by atoms with Gasteiger partial charge in [0.15, 0.2) is 0 Å². The van der Waals surface area contributed by atoms with E-state index in [-0.39, 0.29) is 0 Å². The van der Waals surface area contributed by atoms with Gasteiger partial charge in [-0.15, -0.1) is 0 Å². The molecule has 0 saturated carbocycles. The van der Waals surface area contributed by atoms with Gasteiger partial charge in [-0.3, -0.25) is 4.57 Å². The summed E-state index contributed by atoms with van der Waals surface area (Å²) in [6.45, 7) is 0. The number of aromatic nitrogens is 4. The van der Waals surface area contributed by atoms with E-state index < -0.39 is 0 Å². The summed E-state index contributed by atoms with van der Waals surface area (Å²) in [5.41, 5.74) is 11.1. The molecule has 0 atom stereocenters. The van der Waals surface area contributed by atoms with Gasteiger partial charge in [0.05, 0.1) is 56.7 Å². The summed E-state index contributed by atoms with van der Waals surface area (Å²) < 4.78 is 4.46. The summed E-state index contributed by atoms with van der Waals surface area (Å²) in [5.74, 6) is 0.586. The van der Waals surface area contributed by atoms with E-state index in [2.05, 4.69) is 124 Å². The van der Waals surface area contributed by atoms with Gasteiger partial charge in [-0.2, -0.15) is 10.5 Å². The highest BCUT2D eigenvalue weighted by atomic mass is 15.2. The Morgan fingerprint density at radius 1 is 0.389 bits per heavy atom. The summed E-state index contributed by atoms with van der Waals surface area (Å²) in [5, 5.41) is 24.5. The monoisotopic (exact) mass is 688 g/mol. The second-order valence-electron chi connectivity index (χ2n) is 13.3. The Balaban J connectivity index is 1.28. The average molecular weight is 689 g/mol. The summed E-state index contributed by atoms with van der Waals surface area (Å²) in [6, 6.07) is 61.9. The maximum Gasteiger partial charge on any atom is 0.235 e. The molecule has 0 bridgehead atoms. The largest absolute Gasteiger partial charge is 0.309 e. The topological polar surface area (TPSA) is 83.2 Å². The van der Waals surface area contributed by atoms with Crippen molar-refractivity contribution in [3.05, 3.63) is 181 Å². The number of rotatable bonds is 5. The molecule has 0 N–H and O–H groups in total. The van der Waals surface area contributed by atoms with Gasteiger partial charge in [-0.05, 0) is 60.2 Å². The third kappa shape index (κ3) is 4.87. The van der Waals surface area contributed by atoms with Crippen molar-refractivity contribution in [1.82, 2.24) is 19.1 Å². The Bertz CT molecular complexity index is 3090. The zero-order valence-electron chi connectivity index (χ0n) is 28.8. The van der Waals surface area contributed by atoms with Crippen molar-refractivity contribution in [2.45, 2.75) is 0 Å². The Morgan fingerprint density at radius 2 is 0.889 bits per heavy atom. The normalized spacial score (nSPS) is 11.3. The SMILES string of the molecule is N#Cc1cccc(C#N)c1-c1cccc(-n2c3ccccc3c3cc4c5ccccc5n(-c5nc(-c6ccccc6)cc(-c6ccccc6)n5)c4cc32)c1. The maximum atomic E-state index is 10.0. The van der Waals surface area contributed by atoms with Crippen LogP contribution in [0.4, 0.5) is 0 Å². The molecule has 0 unspecified atom stereocenters. The van der Waals surface area contributed by atoms with Crippen molar-refractivity contribution in [2.75, 3.05) is 0 Å². The van der Waals surface area contributed by atoms with Gasteiger partial charge < -0.3 is 4.57 Å². The Morgan fingerprint density at radius 3 is 1.48 bits per heavy atom. The highest BCUT2D eigenvalue weighted by Crippen LogP contribution is 2.40. The van der Waals surface area contributed by atoms with Crippen molar-refractivity contribution in [3.63, 3.8) is 0 Å². The number of nitriles is 2. The highest BCUT2D eigenvalue weighted by Gasteiger charge is 2.21. The molecule has 0 radical (unpaired) electrons. The molecule has 6 heteroatoms. The van der Waals surface area contributed by atoms with Gasteiger partial charge in [-0.1, -0.05) is 115 Å². The van der Waals surface area contributed by atoms with Crippen LogP contribution in [0, 0.1) is 22.7 Å². The minimum atomic E-state index is 0.465. The van der Waals surface area contributed by atoms with Crippen molar-refractivity contribution in [3.8, 4) is 57.4 Å². The van der Waals surface area contributed by atoms with Gasteiger partial charge in [0.2, 0.25) is 5.95 Å². The Hall–Kier alpha value is -7.80. The lowest BCUT2D eigenvalue weighted by atomic mass is 9.95. The van der Waals surface area contributed by atoms with Crippen LogP contribution in [0.3, 0.4) is 0 Å². The van der Waals surface area contributed by atoms with E-state index in [4.69, 9.17) is 9.97 Å². The van der Waals surface area contributed by atoms with Crippen molar-refractivity contribution >= 4 is 43.6 Å². The second kappa shape index (κ2) is 12.5. The van der Waals surface area contributed by atoms with Gasteiger partial charge in [0, 0.05) is 43.9 Å². The van der Waals surface area contributed by atoms with Gasteiger partial charge in [0.25, 0.3) is 0 Å². The van der Waals surface area contributed by atoms with Crippen LogP contribution in [0.15, 0.2) is 170 Å². The highest BCUT2D eigenvalue weighted by molar-refractivity contribution is 6.19. The quantitative estimate of drug-likeness (QED) is 0.180. The van der Waals surface area contributed by atoms with Crippen LogP contribution in [0.1, 0.15) is 11.1 Å². The number of nitrogens with zero attached hydrogens (tertiary/aromatic N) is 6. The minimum Gasteiger partial charge on any atom is -0.309 e. The first-order valence-electron chi connectivity index (χ1n) is 17.7. The fraction of sp³-hybridized carbons (Fsp3) is 0. The number of hydrogen-bond donors (Lipinski definition) is 0. The third-order valence-electron chi connectivity index (χ3n) is 10.2.